The van der Waals surface area contributed by atoms with Crippen LogP contribution in [0.2, 0.25) is 0 Å². The van der Waals surface area contributed by atoms with Crippen molar-refractivity contribution in [2.75, 3.05) is 18.1 Å². The molecule has 1 fully saturated rings. The Morgan fingerprint density at radius 2 is 2.06 bits per heavy atom. The number of cyclic esters (lactones) is 1. The third-order valence-electron chi connectivity index (χ3n) is 2.70. The van der Waals surface area contributed by atoms with Crippen molar-refractivity contribution in [1.29, 1.82) is 0 Å². The lowest BCUT2D eigenvalue weighted by Gasteiger charge is -2.26. The van der Waals surface area contributed by atoms with Crippen molar-refractivity contribution in [2.24, 2.45) is 5.73 Å². The lowest BCUT2D eigenvalue weighted by molar-refractivity contribution is 0.140. The number of hydrogen-bond acceptors (Lipinski definition) is 3. The van der Waals surface area contributed by atoms with Crippen LogP contribution in [0.4, 0.5) is 10.5 Å². The Morgan fingerprint density at radius 3 is 2.62 bits per heavy atom. The molecule has 4 nitrogen and oxygen atoms in total. The zero-order valence-corrected chi connectivity index (χ0v) is 9.35. The highest BCUT2D eigenvalue weighted by atomic mass is 16.6. The van der Waals surface area contributed by atoms with Crippen LogP contribution in [0.25, 0.3) is 0 Å². The number of nitrogens with two attached hydrogens (primary N) is 1. The first-order valence-electron chi connectivity index (χ1n) is 5.48. The Kier molecular flexibility index (Phi) is 3.10. The van der Waals surface area contributed by atoms with Crippen LogP contribution in [-0.4, -0.2) is 19.2 Å². The third kappa shape index (κ3) is 2.17. The van der Waals surface area contributed by atoms with Crippen LogP contribution in [0.15, 0.2) is 24.3 Å². The number of amides is 1. The van der Waals surface area contributed by atoms with Gasteiger partial charge in [-0.2, -0.15) is 0 Å². The van der Waals surface area contributed by atoms with Gasteiger partial charge in [-0.3, -0.25) is 4.90 Å². The van der Waals surface area contributed by atoms with Gasteiger partial charge >= 0.3 is 6.09 Å². The van der Waals surface area contributed by atoms with Gasteiger partial charge in [0.05, 0.1) is 6.61 Å². The lowest BCUT2D eigenvalue weighted by Crippen LogP contribution is -2.37. The van der Waals surface area contributed by atoms with Crippen LogP contribution < -0.4 is 10.6 Å². The molecule has 86 valence electrons. The van der Waals surface area contributed by atoms with Gasteiger partial charge < -0.3 is 10.5 Å². The molecule has 0 radical (unpaired) electrons. The highest BCUT2D eigenvalue weighted by Gasteiger charge is 2.20. The van der Waals surface area contributed by atoms with Gasteiger partial charge in [0.1, 0.15) is 0 Å². The minimum absolute atomic E-state index is 0.0161. The Morgan fingerprint density at radius 1 is 1.38 bits per heavy atom. The second-order valence-electron chi connectivity index (χ2n) is 4.00. The first-order valence-corrected chi connectivity index (χ1v) is 5.48. The molecule has 16 heavy (non-hydrogen) atoms. The average Bonchev–Trinajstić information content (AvgIpc) is 2.30. The first kappa shape index (κ1) is 11.0. The van der Waals surface area contributed by atoms with E-state index in [1.54, 1.807) is 4.90 Å². The normalized spacial score (nSPS) is 18.1. The van der Waals surface area contributed by atoms with E-state index in [-0.39, 0.29) is 12.1 Å². The third-order valence-corrected chi connectivity index (χ3v) is 2.70. The van der Waals surface area contributed by atoms with E-state index >= 15 is 0 Å². The monoisotopic (exact) mass is 220 g/mol. The SMILES string of the molecule is C[C@@H](N)c1ccc(N2CCCOC2=O)cc1. The molecule has 0 bridgehead atoms. The van der Waals surface area contributed by atoms with E-state index < -0.39 is 0 Å². The van der Waals surface area contributed by atoms with E-state index in [1.807, 2.05) is 31.2 Å². The van der Waals surface area contributed by atoms with Crippen LogP contribution >= 0.6 is 0 Å². The van der Waals surface area contributed by atoms with E-state index in [4.69, 9.17) is 10.5 Å². The van der Waals surface area contributed by atoms with E-state index in [0.29, 0.717) is 6.61 Å². The standard InChI is InChI=1S/C12H16N2O2/c1-9(13)10-3-5-11(6-4-10)14-7-2-8-16-12(14)15/h3-6,9H,2,7-8,13H2,1H3/t9-/m1/s1. The lowest BCUT2D eigenvalue weighted by atomic mass is 10.1. The summed E-state index contributed by atoms with van der Waals surface area (Å²) in [6.07, 6.45) is 0.612. The summed E-state index contributed by atoms with van der Waals surface area (Å²) in [5, 5.41) is 0. The summed E-state index contributed by atoms with van der Waals surface area (Å²) < 4.78 is 4.98. The Hall–Kier alpha value is -1.55. The first-order chi connectivity index (χ1) is 7.68. The van der Waals surface area contributed by atoms with Crippen LogP contribution in [0.1, 0.15) is 24.9 Å². The minimum Gasteiger partial charge on any atom is -0.449 e. The van der Waals surface area contributed by atoms with Gasteiger partial charge in [0, 0.05) is 18.3 Å². The van der Waals surface area contributed by atoms with Gasteiger partial charge in [-0.25, -0.2) is 4.79 Å². The molecule has 2 N–H and O–H groups in total. The van der Waals surface area contributed by atoms with E-state index in [0.717, 1.165) is 24.2 Å². The predicted molar refractivity (Wildman–Crippen MR) is 62.4 cm³/mol. The highest BCUT2D eigenvalue weighted by Crippen LogP contribution is 2.20. The van der Waals surface area contributed by atoms with Gasteiger partial charge in [-0.05, 0) is 31.0 Å². The summed E-state index contributed by atoms with van der Waals surface area (Å²) in [5.41, 5.74) is 7.70. The van der Waals surface area contributed by atoms with Crippen LogP contribution in [0.3, 0.4) is 0 Å². The van der Waals surface area contributed by atoms with Crippen molar-refractivity contribution in [3.8, 4) is 0 Å². The summed E-state index contributed by atoms with van der Waals surface area (Å²) in [5.74, 6) is 0. The molecule has 1 heterocycles. The topological polar surface area (TPSA) is 55.6 Å². The molecule has 0 saturated carbocycles. The molecule has 2 rings (SSSR count). The Labute approximate surface area is 95.0 Å². The molecule has 1 aromatic carbocycles. The van der Waals surface area contributed by atoms with Crippen LogP contribution in [0.5, 0.6) is 0 Å². The number of ether oxygens (including phenoxy) is 1. The van der Waals surface area contributed by atoms with E-state index in [9.17, 15) is 4.79 Å². The molecule has 1 aromatic rings. The summed E-state index contributed by atoms with van der Waals surface area (Å²) in [6, 6.07) is 7.72. The molecule has 1 amide bonds. The molecule has 1 aliphatic rings. The molecule has 4 heteroatoms. The zero-order chi connectivity index (χ0) is 11.5. The van der Waals surface area contributed by atoms with E-state index in [2.05, 4.69) is 0 Å². The second kappa shape index (κ2) is 4.53. The van der Waals surface area contributed by atoms with Crippen molar-refractivity contribution in [3.63, 3.8) is 0 Å². The molecule has 1 atom stereocenters. The number of benzene rings is 1. The molecule has 0 unspecified atom stereocenters. The molecular weight excluding hydrogens is 204 g/mol. The second-order valence-corrected chi connectivity index (χ2v) is 4.00. The molecule has 0 aliphatic carbocycles. The quantitative estimate of drug-likeness (QED) is 0.829. The maximum atomic E-state index is 11.5. The fraction of sp³-hybridized carbons (Fsp3) is 0.417. The number of carbonyl (C=O) groups is 1. The van der Waals surface area contributed by atoms with Crippen molar-refractivity contribution >= 4 is 11.8 Å². The largest absolute Gasteiger partial charge is 0.449 e. The molecule has 1 aliphatic heterocycles. The van der Waals surface area contributed by atoms with Gasteiger partial charge in [-0.1, -0.05) is 12.1 Å². The average molecular weight is 220 g/mol. The summed E-state index contributed by atoms with van der Waals surface area (Å²) >= 11 is 0. The van der Waals surface area contributed by atoms with Crippen molar-refractivity contribution in [1.82, 2.24) is 0 Å². The zero-order valence-electron chi connectivity index (χ0n) is 9.35. The Bertz CT molecular complexity index is 373. The van der Waals surface area contributed by atoms with Gasteiger partial charge in [0.25, 0.3) is 0 Å². The number of nitrogens with zero attached hydrogens (tertiary/aromatic N) is 1. The number of anilines is 1. The summed E-state index contributed by atoms with van der Waals surface area (Å²) in [6.45, 7) is 3.17. The van der Waals surface area contributed by atoms with Gasteiger partial charge in [0.2, 0.25) is 0 Å². The summed E-state index contributed by atoms with van der Waals surface area (Å²) in [7, 11) is 0. The van der Waals surface area contributed by atoms with Gasteiger partial charge in [0.15, 0.2) is 0 Å². The van der Waals surface area contributed by atoms with Gasteiger partial charge in [-0.15, -0.1) is 0 Å². The minimum atomic E-state index is -0.264. The smallest absolute Gasteiger partial charge is 0.414 e. The molecular formula is C12H16N2O2. The fourth-order valence-electron chi connectivity index (χ4n) is 1.74. The van der Waals surface area contributed by atoms with Crippen molar-refractivity contribution in [2.45, 2.75) is 19.4 Å². The van der Waals surface area contributed by atoms with Crippen LogP contribution in [0, 0.1) is 0 Å². The van der Waals surface area contributed by atoms with Crippen molar-refractivity contribution in [3.05, 3.63) is 29.8 Å². The number of hydrogen-bond donors (Lipinski definition) is 1. The molecule has 0 aromatic heterocycles. The molecule has 1 saturated heterocycles. The fourth-order valence-corrected chi connectivity index (χ4v) is 1.74. The molecule has 0 spiro atoms. The number of carbonyl (C=O) groups excluding carboxylic acids is 1. The van der Waals surface area contributed by atoms with E-state index in [1.165, 1.54) is 0 Å². The number of rotatable bonds is 2. The maximum Gasteiger partial charge on any atom is 0.414 e. The Balaban J connectivity index is 2.17. The van der Waals surface area contributed by atoms with Crippen molar-refractivity contribution < 1.29 is 9.53 Å². The highest BCUT2D eigenvalue weighted by molar-refractivity contribution is 5.88. The van der Waals surface area contributed by atoms with Crippen LogP contribution in [-0.2, 0) is 4.74 Å². The maximum absolute atomic E-state index is 11.5. The predicted octanol–water partition coefficient (Wildman–Crippen LogP) is 2.05. The summed E-state index contributed by atoms with van der Waals surface area (Å²) in [4.78, 5) is 13.1.